The van der Waals surface area contributed by atoms with E-state index in [-0.39, 0.29) is 6.54 Å². The van der Waals surface area contributed by atoms with Crippen LogP contribution in [-0.2, 0) is 22.7 Å². The van der Waals surface area contributed by atoms with Gasteiger partial charge in [-0.15, -0.1) is 0 Å². The average Bonchev–Trinajstić information content (AvgIpc) is 2.66. The number of rotatable bonds is 11. The van der Waals surface area contributed by atoms with Gasteiger partial charge in [-0.3, -0.25) is 0 Å². The zero-order chi connectivity index (χ0) is 23.1. The van der Waals surface area contributed by atoms with Gasteiger partial charge < -0.3 is 5.32 Å². The van der Waals surface area contributed by atoms with E-state index in [1.807, 2.05) is 24.3 Å². The summed E-state index contributed by atoms with van der Waals surface area (Å²) in [7, 11) is -4.12. The van der Waals surface area contributed by atoms with Gasteiger partial charge in [0.05, 0.1) is 15.6 Å². The summed E-state index contributed by atoms with van der Waals surface area (Å²) in [5, 5.41) is 2.22. The molecule has 172 valence electrons. The highest BCUT2D eigenvalue weighted by Crippen LogP contribution is 2.37. The number of hydrogen-bond donors (Lipinski definition) is 2. The number of halogens is 6. The van der Waals surface area contributed by atoms with E-state index < -0.39 is 36.7 Å². The van der Waals surface area contributed by atoms with Crippen LogP contribution in [0.25, 0.3) is 0 Å². The van der Waals surface area contributed by atoms with Crippen LogP contribution in [0.1, 0.15) is 36.8 Å². The van der Waals surface area contributed by atoms with Gasteiger partial charge in [0, 0.05) is 17.6 Å². The molecule has 0 aliphatic carbocycles. The maximum atomic E-state index is 12.8. The Hall–Kier alpha value is -0.840. The molecule has 2 aromatic rings. The molecule has 0 atom stereocenters. The quantitative estimate of drug-likeness (QED) is 0.312. The predicted octanol–water partition coefficient (Wildman–Crippen LogP) is 6.40. The molecule has 11 heteroatoms. The molecule has 2 rings (SSSR count). The minimum atomic E-state index is -4.67. The number of alkyl halides is 3. The SMILES string of the molecule is O=S(=O)(NCCCCCCNCc1ccc(Br)cc1)c1c(Cl)cc(C(F)(F)F)cc1Cl. The zero-order valence-electron chi connectivity index (χ0n) is 16.4. The number of unbranched alkanes of at least 4 members (excludes halogenated alkanes) is 3. The lowest BCUT2D eigenvalue weighted by Crippen LogP contribution is -2.25. The molecule has 0 aromatic heterocycles. The third-order valence-corrected chi connectivity index (χ3v) is 7.32. The first-order chi connectivity index (χ1) is 14.5. The fourth-order valence-corrected chi connectivity index (χ4v) is 5.37. The molecule has 0 bridgehead atoms. The summed E-state index contributed by atoms with van der Waals surface area (Å²) >= 11 is 14.9. The molecule has 0 amide bonds. The number of benzene rings is 2. The summed E-state index contributed by atoms with van der Waals surface area (Å²) in [4.78, 5) is -0.541. The maximum Gasteiger partial charge on any atom is 0.416 e. The molecular weight excluding hydrogens is 540 g/mol. The summed E-state index contributed by atoms with van der Waals surface area (Å²) < 4.78 is 66.5. The number of sulfonamides is 1. The monoisotopic (exact) mass is 560 g/mol. The molecule has 0 fully saturated rings. The molecule has 0 unspecified atom stereocenters. The van der Waals surface area contributed by atoms with Crippen LogP contribution in [0.5, 0.6) is 0 Å². The third-order valence-electron chi connectivity index (χ3n) is 4.41. The molecule has 2 N–H and O–H groups in total. The van der Waals surface area contributed by atoms with Crippen molar-refractivity contribution in [1.29, 1.82) is 0 Å². The van der Waals surface area contributed by atoms with E-state index in [1.165, 1.54) is 5.56 Å². The van der Waals surface area contributed by atoms with Crippen molar-refractivity contribution in [3.63, 3.8) is 0 Å². The molecule has 0 aliphatic rings. The highest BCUT2D eigenvalue weighted by Gasteiger charge is 2.33. The van der Waals surface area contributed by atoms with Crippen molar-refractivity contribution >= 4 is 49.2 Å². The normalized spacial score (nSPS) is 12.3. The van der Waals surface area contributed by atoms with Crippen LogP contribution in [0.2, 0.25) is 10.0 Å². The summed E-state index contributed by atoms with van der Waals surface area (Å²) in [5.41, 5.74) is 0.0911. The first-order valence-electron chi connectivity index (χ1n) is 9.52. The van der Waals surface area contributed by atoms with Gasteiger partial charge in [-0.2, -0.15) is 13.2 Å². The lowest BCUT2D eigenvalue weighted by molar-refractivity contribution is -0.137. The summed E-state index contributed by atoms with van der Waals surface area (Å²) in [5.74, 6) is 0. The summed E-state index contributed by atoms with van der Waals surface area (Å²) in [6, 6.07) is 9.18. The molecule has 0 aliphatic heterocycles. The smallest absolute Gasteiger partial charge is 0.313 e. The van der Waals surface area contributed by atoms with Crippen molar-refractivity contribution in [2.24, 2.45) is 0 Å². The van der Waals surface area contributed by atoms with Gasteiger partial charge in [0.2, 0.25) is 10.0 Å². The Bertz CT molecular complexity index is 948. The molecule has 0 heterocycles. The van der Waals surface area contributed by atoms with Crippen molar-refractivity contribution in [1.82, 2.24) is 10.0 Å². The van der Waals surface area contributed by atoms with Crippen LogP contribution >= 0.6 is 39.1 Å². The van der Waals surface area contributed by atoms with Gasteiger partial charge >= 0.3 is 6.18 Å². The van der Waals surface area contributed by atoms with Gasteiger partial charge in [-0.25, -0.2) is 13.1 Å². The summed E-state index contributed by atoms with van der Waals surface area (Å²) in [6.07, 6.45) is -1.43. The zero-order valence-corrected chi connectivity index (χ0v) is 20.3. The largest absolute Gasteiger partial charge is 0.416 e. The van der Waals surface area contributed by atoms with Gasteiger partial charge in [-0.1, -0.05) is 64.1 Å². The van der Waals surface area contributed by atoms with E-state index in [9.17, 15) is 21.6 Å². The topological polar surface area (TPSA) is 58.2 Å². The Morgan fingerprint density at radius 2 is 1.45 bits per heavy atom. The van der Waals surface area contributed by atoms with E-state index in [0.29, 0.717) is 18.6 Å². The molecule has 0 radical (unpaired) electrons. The lowest BCUT2D eigenvalue weighted by atomic mass is 10.2. The number of nitrogens with one attached hydrogen (secondary N) is 2. The van der Waals surface area contributed by atoms with Crippen LogP contribution in [0.3, 0.4) is 0 Å². The second kappa shape index (κ2) is 11.9. The fourth-order valence-electron chi connectivity index (χ4n) is 2.82. The Morgan fingerprint density at radius 1 is 0.903 bits per heavy atom. The van der Waals surface area contributed by atoms with Crippen LogP contribution in [0, 0.1) is 0 Å². The van der Waals surface area contributed by atoms with Gasteiger partial charge in [0.1, 0.15) is 4.90 Å². The minimum Gasteiger partial charge on any atom is -0.313 e. The van der Waals surface area contributed by atoms with Crippen LogP contribution in [0.15, 0.2) is 45.8 Å². The molecule has 0 saturated heterocycles. The van der Waals surface area contributed by atoms with Crippen LogP contribution in [-0.4, -0.2) is 21.5 Å². The Morgan fingerprint density at radius 3 is 2.00 bits per heavy atom. The van der Waals surface area contributed by atoms with Gasteiger partial charge in [0.25, 0.3) is 0 Å². The third kappa shape index (κ3) is 8.55. The molecule has 0 spiro atoms. The fraction of sp³-hybridized carbons (Fsp3) is 0.400. The van der Waals surface area contributed by atoms with E-state index in [0.717, 1.165) is 36.8 Å². The molecule has 4 nitrogen and oxygen atoms in total. The van der Waals surface area contributed by atoms with Crippen molar-refractivity contribution in [2.45, 2.75) is 43.3 Å². The highest BCUT2D eigenvalue weighted by molar-refractivity contribution is 9.10. The van der Waals surface area contributed by atoms with E-state index in [1.54, 1.807) is 0 Å². The summed E-state index contributed by atoms with van der Waals surface area (Å²) in [6.45, 7) is 1.77. The van der Waals surface area contributed by atoms with Crippen molar-refractivity contribution in [3.05, 3.63) is 62.0 Å². The van der Waals surface area contributed by atoms with Crippen molar-refractivity contribution < 1.29 is 21.6 Å². The van der Waals surface area contributed by atoms with Gasteiger partial charge in [0.15, 0.2) is 0 Å². The standard InChI is InChI=1S/C20H22BrCl2F3N2O2S/c21-16-7-5-14(6-8-16)13-27-9-3-1-2-4-10-28-31(29,30)19-17(22)11-15(12-18(19)23)20(24,25)26/h5-8,11-12,27-28H,1-4,9-10,13H2. The highest BCUT2D eigenvalue weighted by atomic mass is 79.9. The van der Waals surface area contributed by atoms with Crippen LogP contribution < -0.4 is 10.0 Å². The van der Waals surface area contributed by atoms with Gasteiger partial charge in [-0.05, 0) is 49.2 Å². The van der Waals surface area contributed by atoms with E-state index >= 15 is 0 Å². The van der Waals surface area contributed by atoms with Crippen LogP contribution in [0.4, 0.5) is 13.2 Å². The second-order valence-corrected chi connectivity index (χ2v) is 10.3. The first-order valence-corrected chi connectivity index (χ1v) is 12.5. The Balaban J connectivity index is 1.70. The molecule has 2 aromatic carbocycles. The minimum absolute atomic E-state index is 0.141. The van der Waals surface area contributed by atoms with Crippen molar-refractivity contribution in [2.75, 3.05) is 13.1 Å². The molecular formula is C20H22BrCl2F3N2O2S. The first kappa shape index (κ1) is 26.4. The Kier molecular flexibility index (Phi) is 10.1. The maximum absolute atomic E-state index is 12.8. The predicted molar refractivity (Wildman–Crippen MR) is 121 cm³/mol. The lowest BCUT2D eigenvalue weighted by Gasteiger charge is -2.13. The Labute approximate surface area is 198 Å². The number of hydrogen-bond acceptors (Lipinski definition) is 3. The van der Waals surface area contributed by atoms with E-state index in [2.05, 4.69) is 26.0 Å². The second-order valence-electron chi connectivity index (χ2n) is 6.88. The van der Waals surface area contributed by atoms with E-state index in [4.69, 9.17) is 23.2 Å². The average molecular weight is 562 g/mol. The van der Waals surface area contributed by atoms with Crippen molar-refractivity contribution in [3.8, 4) is 0 Å². The molecule has 0 saturated carbocycles. The molecule has 31 heavy (non-hydrogen) atoms.